The van der Waals surface area contributed by atoms with Crippen LogP contribution >= 0.6 is 11.6 Å². The van der Waals surface area contributed by atoms with Gasteiger partial charge in [0.25, 0.3) is 0 Å². The molecule has 1 unspecified atom stereocenters. The van der Waals surface area contributed by atoms with Gasteiger partial charge in [0.1, 0.15) is 17.7 Å². The average molecular weight is 256 g/mol. The number of aromatic nitrogens is 1. The lowest BCUT2D eigenvalue weighted by Crippen LogP contribution is -2.03. The van der Waals surface area contributed by atoms with Crippen LogP contribution in [-0.4, -0.2) is 10.1 Å². The van der Waals surface area contributed by atoms with Gasteiger partial charge < -0.3 is 5.11 Å². The normalized spacial score (nSPS) is 12.5. The van der Waals surface area contributed by atoms with Crippen LogP contribution in [0.2, 0.25) is 5.02 Å². The summed E-state index contributed by atoms with van der Waals surface area (Å²) >= 11 is 5.66. The average Bonchev–Trinajstić information content (AvgIpc) is 2.27. The Morgan fingerprint density at radius 2 is 2.00 bits per heavy atom. The quantitative estimate of drug-likeness (QED) is 0.895. The highest BCUT2D eigenvalue weighted by atomic mass is 35.5. The molecule has 0 aliphatic rings. The van der Waals surface area contributed by atoms with Gasteiger partial charge in [-0.2, -0.15) is 0 Å². The van der Waals surface area contributed by atoms with E-state index in [1.165, 1.54) is 18.3 Å². The molecule has 2 nitrogen and oxygen atoms in total. The van der Waals surface area contributed by atoms with Gasteiger partial charge in [0, 0.05) is 16.8 Å². The molecule has 5 heteroatoms. The fourth-order valence-corrected chi connectivity index (χ4v) is 1.75. The van der Waals surface area contributed by atoms with E-state index < -0.39 is 17.7 Å². The molecule has 0 amide bonds. The minimum absolute atomic E-state index is 0.0293. The molecule has 0 bridgehead atoms. The Labute approximate surface area is 102 Å². The number of hydrogen-bond donors (Lipinski definition) is 1. The summed E-state index contributed by atoms with van der Waals surface area (Å²) < 4.78 is 26.5. The van der Waals surface area contributed by atoms with Gasteiger partial charge >= 0.3 is 0 Å². The number of hydrogen-bond acceptors (Lipinski definition) is 2. The van der Waals surface area contributed by atoms with Crippen molar-refractivity contribution < 1.29 is 13.9 Å². The van der Waals surface area contributed by atoms with Crippen LogP contribution in [0.4, 0.5) is 8.78 Å². The molecule has 1 aromatic heterocycles. The fourth-order valence-electron chi connectivity index (χ4n) is 1.52. The molecule has 1 aromatic carbocycles. The van der Waals surface area contributed by atoms with Crippen molar-refractivity contribution in [1.82, 2.24) is 4.98 Å². The third kappa shape index (κ3) is 2.60. The van der Waals surface area contributed by atoms with Crippen molar-refractivity contribution in [2.24, 2.45) is 0 Å². The van der Waals surface area contributed by atoms with Gasteiger partial charge in [-0.05, 0) is 29.8 Å². The van der Waals surface area contributed by atoms with Crippen molar-refractivity contribution >= 4 is 11.6 Å². The van der Waals surface area contributed by atoms with E-state index in [1.807, 2.05) is 0 Å². The second-order valence-electron chi connectivity index (χ2n) is 3.50. The molecule has 0 radical (unpaired) electrons. The summed E-state index contributed by atoms with van der Waals surface area (Å²) in [4.78, 5) is 3.57. The standard InChI is InChI=1S/C12H8ClF2NO/c13-8-3-7(4-9(14)5-8)12(17)10-1-2-16-6-11(10)15/h1-6,12,17H. The Morgan fingerprint density at radius 1 is 1.24 bits per heavy atom. The van der Waals surface area contributed by atoms with Gasteiger partial charge in [-0.15, -0.1) is 0 Å². The maximum Gasteiger partial charge on any atom is 0.147 e. The molecular formula is C12H8ClF2NO. The van der Waals surface area contributed by atoms with Gasteiger partial charge in [0.2, 0.25) is 0 Å². The number of rotatable bonds is 2. The zero-order chi connectivity index (χ0) is 12.4. The molecule has 0 spiro atoms. The molecule has 0 saturated carbocycles. The van der Waals surface area contributed by atoms with Crippen LogP contribution < -0.4 is 0 Å². The maximum absolute atomic E-state index is 13.4. The van der Waals surface area contributed by atoms with E-state index in [2.05, 4.69) is 4.98 Å². The van der Waals surface area contributed by atoms with E-state index in [1.54, 1.807) is 0 Å². The van der Waals surface area contributed by atoms with E-state index >= 15 is 0 Å². The summed E-state index contributed by atoms with van der Waals surface area (Å²) in [6, 6.07) is 4.94. The van der Waals surface area contributed by atoms with Crippen LogP contribution in [0.25, 0.3) is 0 Å². The first kappa shape index (κ1) is 12.0. The van der Waals surface area contributed by atoms with E-state index in [-0.39, 0.29) is 16.1 Å². The van der Waals surface area contributed by atoms with Crippen LogP contribution in [0.5, 0.6) is 0 Å². The minimum Gasteiger partial charge on any atom is -0.384 e. The molecule has 0 saturated heterocycles. The van der Waals surface area contributed by atoms with Gasteiger partial charge in [0.05, 0.1) is 6.20 Å². The summed E-state index contributed by atoms with van der Waals surface area (Å²) in [5, 5.41) is 10.1. The first-order valence-corrected chi connectivity index (χ1v) is 5.19. The Balaban J connectivity index is 2.43. The van der Waals surface area contributed by atoms with Crippen molar-refractivity contribution in [2.75, 3.05) is 0 Å². The molecule has 1 N–H and O–H groups in total. The molecule has 2 aromatic rings. The molecule has 17 heavy (non-hydrogen) atoms. The zero-order valence-corrected chi connectivity index (χ0v) is 9.33. The van der Waals surface area contributed by atoms with Crippen LogP contribution in [-0.2, 0) is 0 Å². The Morgan fingerprint density at radius 3 is 2.65 bits per heavy atom. The molecule has 0 aliphatic heterocycles. The molecular weight excluding hydrogens is 248 g/mol. The minimum atomic E-state index is -1.27. The largest absolute Gasteiger partial charge is 0.384 e. The van der Waals surface area contributed by atoms with Gasteiger partial charge in [-0.1, -0.05) is 11.6 Å². The molecule has 1 atom stereocenters. The highest BCUT2D eigenvalue weighted by molar-refractivity contribution is 6.30. The van der Waals surface area contributed by atoms with Crippen LogP contribution in [0.3, 0.4) is 0 Å². The van der Waals surface area contributed by atoms with Crippen LogP contribution in [0.15, 0.2) is 36.7 Å². The summed E-state index contributed by atoms with van der Waals surface area (Å²) in [5.74, 6) is -1.23. The van der Waals surface area contributed by atoms with Crippen molar-refractivity contribution in [3.8, 4) is 0 Å². The monoisotopic (exact) mass is 255 g/mol. The summed E-state index contributed by atoms with van der Waals surface area (Å²) in [6.07, 6.45) is 1.06. The molecule has 88 valence electrons. The summed E-state index contributed by atoms with van der Waals surface area (Å²) in [6.45, 7) is 0. The maximum atomic E-state index is 13.4. The van der Waals surface area contributed by atoms with Gasteiger partial charge in [-0.25, -0.2) is 8.78 Å². The Hall–Kier alpha value is -1.52. The van der Waals surface area contributed by atoms with Crippen molar-refractivity contribution in [1.29, 1.82) is 0 Å². The predicted molar refractivity (Wildman–Crippen MR) is 59.7 cm³/mol. The number of aliphatic hydroxyl groups is 1. The number of nitrogens with zero attached hydrogens (tertiary/aromatic N) is 1. The highest BCUT2D eigenvalue weighted by Crippen LogP contribution is 2.26. The highest BCUT2D eigenvalue weighted by Gasteiger charge is 2.16. The number of benzene rings is 1. The fraction of sp³-hybridized carbons (Fsp3) is 0.0833. The van der Waals surface area contributed by atoms with Crippen LogP contribution in [0, 0.1) is 11.6 Å². The molecule has 0 fully saturated rings. The van der Waals surface area contributed by atoms with E-state index in [9.17, 15) is 13.9 Å². The topological polar surface area (TPSA) is 33.1 Å². The third-order valence-corrected chi connectivity index (χ3v) is 2.52. The molecule has 1 heterocycles. The third-order valence-electron chi connectivity index (χ3n) is 2.30. The van der Waals surface area contributed by atoms with Gasteiger partial charge in [0.15, 0.2) is 0 Å². The van der Waals surface area contributed by atoms with Crippen molar-refractivity contribution in [3.63, 3.8) is 0 Å². The van der Waals surface area contributed by atoms with Crippen LogP contribution in [0.1, 0.15) is 17.2 Å². The summed E-state index contributed by atoms with van der Waals surface area (Å²) in [7, 11) is 0. The van der Waals surface area contributed by atoms with E-state index in [0.717, 1.165) is 18.3 Å². The number of pyridine rings is 1. The van der Waals surface area contributed by atoms with Crippen molar-refractivity contribution in [3.05, 3.63) is 64.4 Å². The lowest BCUT2D eigenvalue weighted by molar-refractivity contribution is 0.214. The van der Waals surface area contributed by atoms with E-state index in [4.69, 9.17) is 11.6 Å². The number of halogens is 3. The smallest absolute Gasteiger partial charge is 0.147 e. The van der Waals surface area contributed by atoms with E-state index in [0.29, 0.717) is 0 Å². The first-order chi connectivity index (χ1) is 8.08. The first-order valence-electron chi connectivity index (χ1n) is 4.81. The Bertz CT molecular complexity index is 528. The Kier molecular flexibility index (Phi) is 3.36. The van der Waals surface area contributed by atoms with Gasteiger partial charge in [-0.3, -0.25) is 4.98 Å². The zero-order valence-electron chi connectivity index (χ0n) is 8.57. The summed E-state index contributed by atoms with van der Waals surface area (Å²) in [5.41, 5.74) is 0.224. The number of aliphatic hydroxyl groups excluding tert-OH is 1. The lowest BCUT2D eigenvalue weighted by atomic mass is 10.0. The second kappa shape index (κ2) is 4.77. The lowest BCUT2D eigenvalue weighted by Gasteiger charge is -2.12. The predicted octanol–water partition coefficient (Wildman–Crippen LogP) is 3.09. The SMILES string of the molecule is OC(c1cc(F)cc(Cl)c1)c1ccncc1F. The van der Waals surface area contributed by atoms with Crippen molar-refractivity contribution in [2.45, 2.75) is 6.10 Å². The second-order valence-corrected chi connectivity index (χ2v) is 3.94. The molecule has 2 rings (SSSR count). The molecule has 0 aliphatic carbocycles.